The van der Waals surface area contributed by atoms with Gasteiger partial charge in [-0.3, -0.25) is 0 Å². The third kappa shape index (κ3) is 4.96. The van der Waals surface area contributed by atoms with Crippen molar-refractivity contribution in [3.63, 3.8) is 0 Å². The first-order valence-electron chi connectivity index (χ1n) is 7.87. The number of aryl methyl sites for hydroxylation is 1. The normalized spacial score (nSPS) is 12.0. The minimum absolute atomic E-state index is 0.223. The SMILES string of the molecule is COc1ccc(C)cc1C(CN)CCCOc1cccc(F)c1. The summed E-state index contributed by atoms with van der Waals surface area (Å²) in [6.45, 7) is 3.15. The lowest BCUT2D eigenvalue weighted by Gasteiger charge is -2.19. The Morgan fingerprint density at radius 3 is 2.70 bits per heavy atom. The highest BCUT2D eigenvalue weighted by molar-refractivity contribution is 5.39. The van der Waals surface area contributed by atoms with Crippen LogP contribution in [0.5, 0.6) is 11.5 Å². The van der Waals surface area contributed by atoms with Crippen LogP contribution in [0, 0.1) is 12.7 Å². The van der Waals surface area contributed by atoms with E-state index in [1.807, 2.05) is 12.1 Å². The number of benzene rings is 2. The Morgan fingerprint density at radius 1 is 1.17 bits per heavy atom. The van der Waals surface area contributed by atoms with E-state index >= 15 is 0 Å². The minimum Gasteiger partial charge on any atom is -0.496 e. The van der Waals surface area contributed by atoms with E-state index in [4.69, 9.17) is 15.2 Å². The molecule has 0 saturated carbocycles. The van der Waals surface area contributed by atoms with Crippen molar-refractivity contribution in [1.29, 1.82) is 0 Å². The largest absolute Gasteiger partial charge is 0.496 e. The van der Waals surface area contributed by atoms with Gasteiger partial charge in [0.25, 0.3) is 0 Å². The molecule has 0 bridgehead atoms. The molecule has 0 heterocycles. The molecule has 2 aromatic carbocycles. The second-order valence-electron chi connectivity index (χ2n) is 5.63. The van der Waals surface area contributed by atoms with Crippen LogP contribution in [0.4, 0.5) is 4.39 Å². The lowest BCUT2D eigenvalue weighted by molar-refractivity contribution is 0.299. The standard InChI is InChI=1S/C19H24FNO2/c1-14-8-9-19(22-2)18(11-14)15(13-21)5-4-10-23-17-7-3-6-16(20)12-17/h3,6-9,11-12,15H,4-5,10,13,21H2,1-2H3. The molecule has 2 aromatic rings. The van der Waals surface area contributed by atoms with E-state index < -0.39 is 0 Å². The van der Waals surface area contributed by atoms with Crippen molar-refractivity contribution in [1.82, 2.24) is 0 Å². The molecule has 0 aromatic heterocycles. The summed E-state index contributed by atoms with van der Waals surface area (Å²) in [5.74, 6) is 1.37. The van der Waals surface area contributed by atoms with Crippen molar-refractivity contribution in [3.05, 3.63) is 59.4 Å². The number of hydrogen-bond donors (Lipinski definition) is 1. The second kappa shape index (κ2) is 8.53. The van der Waals surface area contributed by atoms with Gasteiger partial charge in [-0.05, 0) is 56.0 Å². The second-order valence-corrected chi connectivity index (χ2v) is 5.63. The monoisotopic (exact) mass is 317 g/mol. The van der Waals surface area contributed by atoms with Crippen molar-refractivity contribution < 1.29 is 13.9 Å². The van der Waals surface area contributed by atoms with E-state index in [0.29, 0.717) is 18.9 Å². The maximum Gasteiger partial charge on any atom is 0.126 e. The van der Waals surface area contributed by atoms with Crippen LogP contribution in [0.15, 0.2) is 42.5 Å². The summed E-state index contributed by atoms with van der Waals surface area (Å²) in [5, 5.41) is 0. The first kappa shape index (κ1) is 17.3. The molecule has 0 aliphatic rings. The van der Waals surface area contributed by atoms with Gasteiger partial charge >= 0.3 is 0 Å². The zero-order valence-electron chi connectivity index (χ0n) is 13.7. The Bertz CT molecular complexity index is 631. The highest BCUT2D eigenvalue weighted by atomic mass is 19.1. The van der Waals surface area contributed by atoms with Crippen molar-refractivity contribution >= 4 is 0 Å². The van der Waals surface area contributed by atoms with Crippen LogP contribution in [-0.4, -0.2) is 20.3 Å². The fourth-order valence-electron chi connectivity index (χ4n) is 2.65. The van der Waals surface area contributed by atoms with Gasteiger partial charge in [0.1, 0.15) is 17.3 Å². The van der Waals surface area contributed by atoms with Gasteiger partial charge in [-0.25, -0.2) is 4.39 Å². The van der Waals surface area contributed by atoms with Crippen LogP contribution in [0.25, 0.3) is 0 Å². The van der Waals surface area contributed by atoms with Crippen LogP contribution in [-0.2, 0) is 0 Å². The van der Waals surface area contributed by atoms with Crippen LogP contribution in [0.1, 0.15) is 29.9 Å². The molecule has 1 atom stereocenters. The molecule has 0 saturated heterocycles. The summed E-state index contributed by atoms with van der Waals surface area (Å²) in [5.41, 5.74) is 8.28. The van der Waals surface area contributed by atoms with Gasteiger partial charge in [-0.2, -0.15) is 0 Å². The Hall–Kier alpha value is -2.07. The van der Waals surface area contributed by atoms with E-state index in [1.54, 1.807) is 19.2 Å². The lowest BCUT2D eigenvalue weighted by Crippen LogP contribution is -2.15. The summed E-state index contributed by atoms with van der Waals surface area (Å²) >= 11 is 0. The van der Waals surface area contributed by atoms with Crippen LogP contribution in [0.2, 0.25) is 0 Å². The van der Waals surface area contributed by atoms with E-state index in [0.717, 1.165) is 24.2 Å². The van der Waals surface area contributed by atoms with Crippen molar-refractivity contribution in [2.75, 3.05) is 20.3 Å². The maximum atomic E-state index is 13.1. The molecule has 0 aliphatic carbocycles. The van der Waals surface area contributed by atoms with Crippen molar-refractivity contribution in [2.24, 2.45) is 5.73 Å². The Balaban J connectivity index is 1.91. The highest BCUT2D eigenvalue weighted by Gasteiger charge is 2.15. The Kier molecular flexibility index (Phi) is 6.41. The maximum absolute atomic E-state index is 13.1. The molecule has 0 radical (unpaired) electrons. The topological polar surface area (TPSA) is 44.5 Å². The highest BCUT2D eigenvalue weighted by Crippen LogP contribution is 2.30. The number of methoxy groups -OCH3 is 1. The molecule has 0 spiro atoms. The molecule has 124 valence electrons. The quantitative estimate of drug-likeness (QED) is 0.747. The van der Waals surface area contributed by atoms with Gasteiger partial charge in [0.05, 0.1) is 13.7 Å². The molecular formula is C19H24FNO2. The molecule has 1 unspecified atom stereocenters. The first-order valence-corrected chi connectivity index (χ1v) is 7.87. The number of rotatable bonds is 8. The fourth-order valence-corrected chi connectivity index (χ4v) is 2.65. The van der Waals surface area contributed by atoms with Gasteiger partial charge in [0.15, 0.2) is 0 Å². The summed E-state index contributed by atoms with van der Waals surface area (Å²) in [6.07, 6.45) is 1.74. The zero-order chi connectivity index (χ0) is 16.7. The lowest BCUT2D eigenvalue weighted by atomic mass is 9.92. The number of ether oxygens (including phenoxy) is 2. The third-order valence-electron chi connectivity index (χ3n) is 3.87. The number of nitrogens with two attached hydrogens (primary N) is 1. The molecule has 0 aliphatic heterocycles. The van der Waals surface area contributed by atoms with Crippen LogP contribution < -0.4 is 15.2 Å². The summed E-state index contributed by atoms with van der Waals surface area (Å²) in [4.78, 5) is 0. The van der Waals surface area contributed by atoms with Crippen LogP contribution >= 0.6 is 0 Å². The molecule has 2 N–H and O–H groups in total. The van der Waals surface area contributed by atoms with Gasteiger partial charge in [-0.15, -0.1) is 0 Å². The van der Waals surface area contributed by atoms with E-state index in [1.165, 1.54) is 17.7 Å². The summed E-state index contributed by atoms with van der Waals surface area (Å²) < 4.78 is 24.1. The molecule has 0 amide bonds. The third-order valence-corrected chi connectivity index (χ3v) is 3.87. The van der Waals surface area contributed by atoms with E-state index in [9.17, 15) is 4.39 Å². The summed E-state index contributed by atoms with van der Waals surface area (Å²) in [6, 6.07) is 12.3. The predicted molar refractivity (Wildman–Crippen MR) is 90.7 cm³/mol. The average molecular weight is 317 g/mol. The number of halogens is 1. The Labute approximate surface area is 137 Å². The molecule has 3 nitrogen and oxygen atoms in total. The van der Waals surface area contributed by atoms with Gasteiger partial charge in [0, 0.05) is 6.07 Å². The molecule has 4 heteroatoms. The van der Waals surface area contributed by atoms with Crippen LogP contribution in [0.3, 0.4) is 0 Å². The van der Waals surface area contributed by atoms with Gasteiger partial charge < -0.3 is 15.2 Å². The average Bonchev–Trinajstić information content (AvgIpc) is 2.55. The van der Waals surface area contributed by atoms with Crippen molar-refractivity contribution in [3.8, 4) is 11.5 Å². The predicted octanol–water partition coefficient (Wildman–Crippen LogP) is 4.04. The molecular weight excluding hydrogens is 293 g/mol. The van der Waals surface area contributed by atoms with Crippen molar-refractivity contribution in [2.45, 2.75) is 25.7 Å². The minimum atomic E-state index is -0.285. The molecule has 0 fully saturated rings. The Morgan fingerprint density at radius 2 is 2.00 bits per heavy atom. The molecule has 2 rings (SSSR count). The molecule has 23 heavy (non-hydrogen) atoms. The van der Waals surface area contributed by atoms with Gasteiger partial charge in [0.2, 0.25) is 0 Å². The number of hydrogen-bond acceptors (Lipinski definition) is 3. The van der Waals surface area contributed by atoms with E-state index in [2.05, 4.69) is 13.0 Å². The zero-order valence-corrected chi connectivity index (χ0v) is 13.7. The van der Waals surface area contributed by atoms with Gasteiger partial charge in [-0.1, -0.05) is 23.8 Å². The fraction of sp³-hybridized carbons (Fsp3) is 0.368. The first-order chi connectivity index (χ1) is 11.1. The van der Waals surface area contributed by atoms with E-state index in [-0.39, 0.29) is 11.7 Å². The smallest absolute Gasteiger partial charge is 0.126 e. The summed E-state index contributed by atoms with van der Waals surface area (Å²) in [7, 11) is 1.68.